The number of aliphatic hydroxyl groups is 1. The lowest BCUT2D eigenvalue weighted by Crippen LogP contribution is -2.23. The molecule has 0 radical (unpaired) electrons. The van der Waals surface area contributed by atoms with E-state index >= 15 is 0 Å². The Hall–Kier alpha value is 0.270. The lowest BCUT2D eigenvalue weighted by molar-refractivity contribution is 0.164. The van der Waals surface area contributed by atoms with Gasteiger partial charge in [0.05, 0.1) is 6.10 Å². The second-order valence-corrected chi connectivity index (χ2v) is 4.53. The van der Waals surface area contributed by atoms with Gasteiger partial charge in [-0.2, -0.15) is 12.6 Å². The van der Waals surface area contributed by atoms with Crippen LogP contribution in [0.15, 0.2) is 0 Å². The normalized spacial score (nSPS) is 13.5. The van der Waals surface area contributed by atoms with E-state index in [2.05, 4.69) is 24.6 Å². The molecule has 14 heavy (non-hydrogen) atoms. The third-order valence-electron chi connectivity index (χ3n) is 2.38. The topological polar surface area (TPSA) is 23.5 Å². The van der Waals surface area contributed by atoms with Crippen molar-refractivity contribution in [1.29, 1.82) is 0 Å². The molecule has 0 fully saturated rings. The molecule has 0 aromatic rings. The van der Waals surface area contributed by atoms with Crippen molar-refractivity contribution >= 4 is 12.6 Å². The molecule has 0 saturated carbocycles. The maximum absolute atomic E-state index is 9.11. The Kier molecular flexibility index (Phi) is 10.0. The van der Waals surface area contributed by atoms with Crippen LogP contribution in [0.2, 0.25) is 0 Å². The molecular formula is C11H25NOS. The minimum atomic E-state index is -0.165. The van der Waals surface area contributed by atoms with Crippen molar-refractivity contribution in [2.45, 2.75) is 45.1 Å². The Labute approximate surface area is 94.1 Å². The lowest BCUT2D eigenvalue weighted by atomic mass is 10.2. The van der Waals surface area contributed by atoms with Crippen molar-refractivity contribution in [3.05, 3.63) is 0 Å². The van der Waals surface area contributed by atoms with Crippen LogP contribution in [0.5, 0.6) is 0 Å². The van der Waals surface area contributed by atoms with E-state index in [9.17, 15) is 0 Å². The molecule has 0 aliphatic heterocycles. The molecule has 86 valence electrons. The van der Waals surface area contributed by atoms with Gasteiger partial charge in [0.25, 0.3) is 0 Å². The highest BCUT2D eigenvalue weighted by molar-refractivity contribution is 7.80. The summed E-state index contributed by atoms with van der Waals surface area (Å²) in [5.41, 5.74) is 0. The molecule has 1 atom stereocenters. The largest absolute Gasteiger partial charge is 0.393 e. The third kappa shape index (κ3) is 10.4. The van der Waals surface area contributed by atoms with Crippen LogP contribution in [0.3, 0.4) is 0 Å². The van der Waals surface area contributed by atoms with Crippen molar-refractivity contribution in [1.82, 2.24) is 4.90 Å². The van der Waals surface area contributed by atoms with Gasteiger partial charge < -0.3 is 10.0 Å². The van der Waals surface area contributed by atoms with E-state index in [1.807, 2.05) is 6.92 Å². The Morgan fingerprint density at radius 1 is 1.14 bits per heavy atom. The summed E-state index contributed by atoms with van der Waals surface area (Å²) >= 11 is 4.18. The molecule has 2 nitrogen and oxygen atoms in total. The van der Waals surface area contributed by atoms with Gasteiger partial charge in [-0.3, -0.25) is 0 Å². The van der Waals surface area contributed by atoms with E-state index in [1.165, 1.54) is 25.7 Å². The average Bonchev–Trinajstić information content (AvgIpc) is 2.14. The molecule has 1 unspecified atom stereocenters. The van der Waals surface area contributed by atoms with Gasteiger partial charge in [-0.05, 0) is 45.5 Å². The number of unbranched alkanes of at least 4 members (excludes halogenated alkanes) is 3. The zero-order valence-electron chi connectivity index (χ0n) is 9.58. The standard InChI is InChI=1S/C11H25NOS/c1-11(13)7-9-12(2)8-5-3-4-6-10-14/h11,13-14H,3-10H2,1-2H3. The van der Waals surface area contributed by atoms with Gasteiger partial charge >= 0.3 is 0 Å². The molecule has 0 aromatic heterocycles. The van der Waals surface area contributed by atoms with Gasteiger partial charge in [0, 0.05) is 6.54 Å². The van der Waals surface area contributed by atoms with E-state index in [0.717, 1.165) is 25.3 Å². The number of rotatable bonds is 9. The first-order valence-electron chi connectivity index (χ1n) is 5.64. The average molecular weight is 219 g/mol. The highest BCUT2D eigenvalue weighted by Crippen LogP contribution is 2.02. The molecule has 0 bridgehead atoms. The monoisotopic (exact) mass is 219 g/mol. The summed E-state index contributed by atoms with van der Waals surface area (Å²) in [4.78, 5) is 2.30. The van der Waals surface area contributed by atoms with Crippen molar-refractivity contribution in [3.8, 4) is 0 Å². The van der Waals surface area contributed by atoms with Gasteiger partial charge in [0.2, 0.25) is 0 Å². The van der Waals surface area contributed by atoms with Gasteiger partial charge in [0.15, 0.2) is 0 Å². The second-order valence-electron chi connectivity index (χ2n) is 4.08. The fourth-order valence-electron chi connectivity index (χ4n) is 1.37. The maximum Gasteiger partial charge on any atom is 0.0524 e. The van der Waals surface area contributed by atoms with Crippen molar-refractivity contribution in [3.63, 3.8) is 0 Å². The number of aliphatic hydroxyl groups excluding tert-OH is 1. The zero-order valence-corrected chi connectivity index (χ0v) is 10.5. The highest BCUT2D eigenvalue weighted by atomic mass is 32.1. The van der Waals surface area contributed by atoms with Crippen LogP contribution in [0, 0.1) is 0 Å². The first-order chi connectivity index (χ1) is 6.66. The van der Waals surface area contributed by atoms with E-state index in [-0.39, 0.29) is 6.10 Å². The molecule has 3 heteroatoms. The third-order valence-corrected chi connectivity index (χ3v) is 2.69. The number of hydrogen-bond acceptors (Lipinski definition) is 3. The lowest BCUT2D eigenvalue weighted by Gasteiger charge is -2.17. The summed E-state index contributed by atoms with van der Waals surface area (Å²) < 4.78 is 0. The molecule has 0 heterocycles. The van der Waals surface area contributed by atoms with Gasteiger partial charge in [-0.15, -0.1) is 0 Å². The molecule has 0 rings (SSSR count). The summed E-state index contributed by atoms with van der Waals surface area (Å²) in [7, 11) is 2.13. The van der Waals surface area contributed by atoms with Crippen LogP contribution in [-0.2, 0) is 0 Å². The van der Waals surface area contributed by atoms with Gasteiger partial charge in [0.1, 0.15) is 0 Å². The van der Waals surface area contributed by atoms with Crippen LogP contribution in [0.4, 0.5) is 0 Å². The number of hydrogen-bond donors (Lipinski definition) is 2. The minimum Gasteiger partial charge on any atom is -0.393 e. The molecule has 0 aromatic carbocycles. The quantitative estimate of drug-likeness (QED) is 0.459. The summed E-state index contributed by atoms with van der Waals surface area (Å²) in [5.74, 6) is 1.01. The van der Waals surface area contributed by atoms with E-state index in [4.69, 9.17) is 5.11 Å². The van der Waals surface area contributed by atoms with Crippen molar-refractivity contribution in [2.24, 2.45) is 0 Å². The van der Waals surface area contributed by atoms with Crippen LogP contribution < -0.4 is 0 Å². The molecule has 0 aliphatic carbocycles. The van der Waals surface area contributed by atoms with Gasteiger partial charge in [-0.1, -0.05) is 12.8 Å². The summed E-state index contributed by atoms with van der Waals surface area (Å²) in [6.45, 7) is 4.00. The SMILES string of the molecule is CC(O)CCN(C)CCCCCCS. The Morgan fingerprint density at radius 3 is 2.36 bits per heavy atom. The maximum atomic E-state index is 9.11. The summed E-state index contributed by atoms with van der Waals surface area (Å²) in [6, 6.07) is 0. The molecule has 0 saturated heterocycles. The van der Waals surface area contributed by atoms with E-state index in [1.54, 1.807) is 0 Å². The second kappa shape index (κ2) is 9.81. The Balaban J connectivity index is 3.14. The number of nitrogens with zero attached hydrogens (tertiary/aromatic N) is 1. The molecule has 1 N–H and O–H groups in total. The van der Waals surface area contributed by atoms with Crippen LogP contribution in [-0.4, -0.2) is 42.0 Å². The van der Waals surface area contributed by atoms with E-state index in [0.29, 0.717) is 0 Å². The fraction of sp³-hybridized carbons (Fsp3) is 1.00. The Morgan fingerprint density at radius 2 is 1.79 bits per heavy atom. The molecule has 0 spiro atoms. The van der Waals surface area contributed by atoms with Crippen LogP contribution >= 0.6 is 12.6 Å². The Bertz CT molecular complexity index is 120. The molecule has 0 aliphatic rings. The smallest absolute Gasteiger partial charge is 0.0524 e. The first-order valence-corrected chi connectivity index (χ1v) is 6.27. The zero-order chi connectivity index (χ0) is 10.8. The number of thiol groups is 1. The van der Waals surface area contributed by atoms with E-state index < -0.39 is 0 Å². The molecule has 0 amide bonds. The van der Waals surface area contributed by atoms with Crippen molar-refractivity contribution in [2.75, 3.05) is 25.9 Å². The highest BCUT2D eigenvalue weighted by Gasteiger charge is 2.00. The predicted molar refractivity (Wildman–Crippen MR) is 66.1 cm³/mol. The fourth-order valence-corrected chi connectivity index (χ4v) is 1.59. The van der Waals surface area contributed by atoms with Gasteiger partial charge in [-0.25, -0.2) is 0 Å². The minimum absolute atomic E-state index is 0.165. The molecular weight excluding hydrogens is 194 g/mol. The van der Waals surface area contributed by atoms with Crippen LogP contribution in [0.1, 0.15) is 39.0 Å². The summed E-state index contributed by atoms with van der Waals surface area (Å²) in [5, 5.41) is 9.11. The summed E-state index contributed by atoms with van der Waals surface area (Å²) in [6.07, 6.45) is 5.83. The predicted octanol–water partition coefficient (Wildman–Crippen LogP) is 2.18. The van der Waals surface area contributed by atoms with Crippen molar-refractivity contribution < 1.29 is 5.11 Å². The first kappa shape index (κ1) is 14.3. The van der Waals surface area contributed by atoms with Crippen LogP contribution in [0.25, 0.3) is 0 Å².